The molecule has 2 heterocycles. The third-order valence-electron chi connectivity index (χ3n) is 5.08. The summed E-state index contributed by atoms with van der Waals surface area (Å²) in [5, 5.41) is 10.9. The van der Waals surface area contributed by atoms with Gasteiger partial charge in [-0.15, -0.1) is 0 Å². The number of nitro groups is 1. The average Bonchev–Trinajstić information content (AvgIpc) is 2.95. The molecule has 2 aliphatic rings. The Hall–Kier alpha value is -2.58. The molecule has 2 aliphatic heterocycles. The van der Waals surface area contributed by atoms with Gasteiger partial charge in [0.25, 0.3) is 5.69 Å². The first-order chi connectivity index (χ1) is 13.0. The Labute approximate surface area is 160 Å². The van der Waals surface area contributed by atoms with Gasteiger partial charge in [-0.2, -0.15) is 0 Å². The molecule has 0 saturated carbocycles. The molecule has 4 atom stereocenters. The summed E-state index contributed by atoms with van der Waals surface area (Å²) in [4.78, 5) is 10.4. The van der Waals surface area contributed by atoms with Gasteiger partial charge in [0.05, 0.1) is 23.0 Å². The van der Waals surface area contributed by atoms with E-state index in [1.54, 1.807) is 12.1 Å². The predicted octanol–water partition coefficient (Wildman–Crippen LogP) is 4.83. The van der Waals surface area contributed by atoms with E-state index in [1.165, 1.54) is 17.7 Å². The fourth-order valence-corrected chi connectivity index (χ4v) is 3.60. The highest BCUT2D eigenvalue weighted by Gasteiger charge is 2.36. The molecule has 2 bridgehead atoms. The summed E-state index contributed by atoms with van der Waals surface area (Å²) < 4.78 is 12.5. The number of hydrogen-bond acceptors (Lipinski definition) is 4. The monoisotopic (exact) mass is 367 g/mol. The third kappa shape index (κ3) is 4.58. The molecule has 0 aromatic heterocycles. The minimum absolute atomic E-state index is 0.0350. The second-order valence-electron chi connectivity index (χ2n) is 7.23. The maximum Gasteiger partial charge on any atom is 0.269 e. The molecule has 0 spiro atoms. The van der Waals surface area contributed by atoms with Crippen LogP contribution < -0.4 is 4.74 Å². The van der Waals surface area contributed by atoms with E-state index in [1.807, 2.05) is 6.92 Å². The highest BCUT2D eigenvalue weighted by Crippen LogP contribution is 2.34. The number of hydrogen-bond donors (Lipinski definition) is 0. The Balaban J connectivity index is 1.89. The highest BCUT2D eigenvalue weighted by molar-refractivity contribution is 5.37. The van der Waals surface area contributed by atoms with Gasteiger partial charge in [-0.3, -0.25) is 10.1 Å². The molecular weight excluding hydrogens is 342 g/mol. The van der Waals surface area contributed by atoms with Crippen molar-refractivity contribution in [2.75, 3.05) is 0 Å². The van der Waals surface area contributed by atoms with Crippen LogP contribution in [0.15, 0.2) is 48.1 Å². The summed E-state index contributed by atoms with van der Waals surface area (Å²) in [6.07, 6.45) is 5.73. The SMILES string of the molecule is C=C(C)[C@H]1[C@H](Oc2ccc([N+](=O)[O-])cc2)C#CCCCC[C@H]2O[C@@H]1C=C2C. The predicted molar refractivity (Wildman–Crippen MR) is 104 cm³/mol. The van der Waals surface area contributed by atoms with Gasteiger partial charge in [0.15, 0.2) is 6.10 Å². The third-order valence-corrected chi connectivity index (χ3v) is 5.08. The van der Waals surface area contributed by atoms with Gasteiger partial charge in [0.1, 0.15) is 5.75 Å². The number of fused-ring (bicyclic) bond motifs is 2. The Morgan fingerprint density at radius 1 is 1.33 bits per heavy atom. The Bertz CT molecular complexity index is 800. The molecular formula is C22H25NO4. The second-order valence-corrected chi connectivity index (χ2v) is 7.23. The molecule has 0 fully saturated rings. The van der Waals surface area contributed by atoms with Gasteiger partial charge in [0, 0.05) is 18.6 Å². The number of nitrogens with zero attached hydrogens (tertiary/aromatic N) is 1. The van der Waals surface area contributed by atoms with E-state index in [9.17, 15) is 10.1 Å². The first kappa shape index (κ1) is 19.2. The number of rotatable bonds is 4. The normalized spacial score (nSPS) is 27.6. The standard InChI is InChI=1S/C22H25NO4/c1-15(2)22-20(26-18-12-10-17(11-13-18)23(24)25)9-7-5-4-6-8-19-16(3)14-21(22)27-19/h10-14,19-22H,1,4-6,8H2,2-3H3/t19-,20-,21-,22+/m1/s1. The van der Waals surface area contributed by atoms with Crippen LogP contribution in [0, 0.1) is 27.9 Å². The lowest BCUT2D eigenvalue weighted by Gasteiger charge is -2.29. The molecule has 0 amide bonds. The summed E-state index contributed by atoms with van der Waals surface area (Å²) in [5.74, 6) is 6.94. The topological polar surface area (TPSA) is 61.6 Å². The molecule has 5 nitrogen and oxygen atoms in total. The molecule has 0 saturated heterocycles. The molecule has 27 heavy (non-hydrogen) atoms. The molecule has 5 heteroatoms. The van der Waals surface area contributed by atoms with E-state index in [-0.39, 0.29) is 23.8 Å². The van der Waals surface area contributed by atoms with Crippen molar-refractivity contribution in [3.63, 3.8) is 0 Å². The van der Waals surface area contributed by atoms with Crippen LogP contribution in [0.1, 0.15) is 39.5 Å². The summed E-state index contributed by atoms with van der Waals surface area (Å²) in [6, 6.07) is 6.10. The quantitative estimate of drug-likeness (QED) is 0.331. The maximum atomic E-state index is 10.9. The maximum absolute atomic E-state index is 10.9. The van der Waals surface area contributed by atoms with Crippen molar-refractivity contribution in [2.45, 2.75) is 57.8 Å². The van der Waals surface area contributed by atoms with Crippen molar-refractivity contribution in [1.82, 2.24) is 0 Å². The largest absolute Gasteiger partial charge is 0.477 e. The van der Waals surface area contributed by atoms with Gasteiger partial charge in [-0.05, 0) is 50.8 Å². The van der Waals surface area contributed by atoms with Crippen molar-refractivity contribution in [3.05, 3.63) is 58.2 Å². The van der Waals surface area contributed by atoms with Gasteiger partial charge in [-0.1, -0.05) is 30.1 Å². The minimum atomic E-state index is -0.423. The van der Waals surface area contributed by atoms with Crippen LogP contribution in [0.25, 0.3) is 0 Å². The summed E-state index contributed by atoms with van der Waals surface area (Å²) in [5.41, 5.74) is 2.24. The van der Waals surface area contributed by atoms with E-state index in [0.717, 1.165) is 31.3 Å². The van der Waals surface area contributed by atoms with Crippen molar-refractivity contribution in [2.24, 2.45) is 5.92 Å². The molecule has 0 aliphatic carbocycles. The van der Waals surface area contributed by atoms with Crippen LogP contribution in [0.3, 0.4) is 0 Å². The van der Waals surface area contributed by atoms with Crippen molar-refractivity contribution >= 4 is 5.69 Å². The van der Waals surface area contributed by atoms with E-state index >= 15 is 0 Å². The zero-order valence-corrected chi connectivity index (χ0v) is 15.8. The summed E-state index contributed by atoms with van der Waals surface area (Å²) in [7, 11) is 0. The highest BCUT2D eigenvalue weighted by atomic mass is 16.6. The van der Waals surface area contributed by atoms with E-state index in [2.05, 4.69) is 31.4 Å². The molecule has 142 valence electrons. The lowest BCUT2D eigenvalue weighted by molar-refractivity contribution is -0.384. The van der Waals surface area contributed by atoms with Crippen LogP contribution >= 0.6 is 0 Å². The second kappa shape index (κ2) is 8.41. The first-order valence-corrected chi connectivity index (χ1v) is 9.34. The Morgan fingerprint density at radius 2 is 2.07 bits per heavy atom. The van der Waals surface area contributed by atoms with Crippen LogP contribution in [0.5, 0.6) is 5.75 Å². The zero-order chi connectivity index (χ0) is 19.4. The van der Waals surface area contributed by atoms with Gasteiger partial charge < -0.3 is 9.47 Å². The van der Waals surface area contributed by atoms with Crippen LogP contribution in [0.2, 0.25) is 0 Å². The molecule has 0 radical (unpaired) electrons. The fourth-order valence-electron chi connectivity index (χ4n) is 3.60. The zero-order valence-electron chi connectivity index (χ0n) is 15.8. The smallest absolute Gasteiger partial charge is 0.269 e. The molecule has 3 rings (SSSR count). The van der Waals surface area contributed by atoms with E-state index in [0.29, 0.717) is 5.75 Å². The van der Waals surface area contributed by atoms with Crippen LogP contribution in [-0.4, -0.2) is 23.2 Å². The van der Waals surface area contributed by atoms with E-state index in [4.69, 9.17) is 9.47 Å². The molecule has 0 unspecified atom stereocenters. The summed E-state index contributed by atoms with van der Waals surface area (Å²) in [6.45, 7) is 8.24. The van der Waals surface area contributed by atoms with E-state index < -0.39 is 11.0 Å². The van der Waals surface area contributed by atoms with Crippen LogP contribution in [-0.2, 0) is 4.74 Å². The molecule has 1 aromatic rings. The number of nitro benzene ring substituents is 1. The first-order valence-electron chi connectivity index (χ1n) is 9.34. The minimum Gasteiger partial charge on any atom is -0.477 e. The number of benzene rings is 1. The Kier molecular flexibility index (Phi) is 5.98. The van der Waals surface area contributed by atoms with Crippen molar-refractivity contribution < 1.29 is 14.4 Å². The van der Waals surface area contributed by atoms with Crippen molar-refractivity contribution in [3.8, 4) is 17.6 Å². The fraction of sp³-hybridized carbons (Fsp3) is 0.455. The number of ether oxygens (including phenoxy) is 2. The van der Waals surface area contributed by atoms with Gasteiger partial charge in [0.2, 0.25) is 0 Å². The van der Waals surface area contributed by atoms with Gasteiger partial charge >= 0.3 is 0 Å². The Morgan fingerprint density at radius 3 is 2.74 bits per heavy atom. The number of non-ortho nitro benzene ring substituents is 1. The molecule has 1 aromatic carbocycles. The van der Waals surface area contributed by atoms with Crippen molar-refractivity contribution in [1.29, 1.82) is 0 Å². The summed E-state index contributed by atoms with van der Waals surface area (Å²) >= 11 is 0. The molecule has 0 N–H and O–H groups in total. The lowest BCUT2D eigenvalue weighted by Crippen LogP contribution is -2.36. The lowest BCUT2D eigenvalue weighted by atomic mass is 9.89. The van der Waals surface area contributed by atoms with Crippen LogP contribution in [0.4, 0.5) is 5.69 Å². The average molecular weight is 367 g/mol. The van der Waals surface area contributed by atoms with Gasteiger partial charge in [-0.25, -0.2) is 0 Å².